The van der Waals surface area contributed by atoms with Crippen LogP contribution in [0.4, 0.5) is 0 Å². The van der Waals surface area contributed by atoms with Gasteiger partial charge in [-0.05, 0) is 49.2 Å². The Morgan fingerprint density at radius 1 is 0.857 bits per heavy atom. The average Bonchev–Trinajstić information content (AvgIpc) is 2.85. The lowest BCUT2D eigenvalue weighted by molar-refractivity contribution is 0.0927. The van der Waals surface area contributed by atoms with Gasteiger partial charge in [0.1, 0.15) is 0 Å². The maximum Gasteiger partial charge on any atom is 0.251 e. The van der Waals surface area contributed by atoms with Gasteiger partial charge in [0.25, 0.3) is 11.8 Å². The maximum atomic E-state index is 12.4. The van der Waals surface area contributed by atoms with E-state index in [1.165, 1.54) is 0 Å². The Kier molecular flexibility index (Phi) is 12.3. The minimum atomic E-state index is -0.245. The zero-order valence-electron chi connectivity index (χ0n) is 20.0. The van der Waals surface area contributed by atoms with Crippen molar-refractivity contribution in [2.45, 2.75) is 13.8 Å². The molecule has 2 amide bonds. The Hall–Kier alpha value is -4.74. The number of rotatable bonds is 9. The van der Waals surface area contributed by atoms with Crippen LogP contribution >= 0.6 is 0 Å². The van der Waals surface area contributed by atoms with Gasteiger partial charge in [-0.2, -0.15) is 10.2 Å². The predicted molar refractivity (Wildman–Crippen MR) is 140 cm³/mol. The van der Waals surface area contributed by atoms with Crippen molar-refractivity contribution >= 4 is 35.5 Å². The summed E-state index contributed by atoms with van der Waals surface area (Å²) in [7, 11) is 1.72. The Labute approximate surface area is 204 Å². The van der Waals surface area contributed by atoms with Gasteiger partial charge in [0.2, 0.25) is 5.96 Å². The number of carbonyl (C=O) groups excluding carboxylic acids is 2. The van der Waals surface area contributed by atoms with Crippen LogP contribution in [0.15, 0.2) is 63.8 Å². The van der Waals surface area contributed by atoms with Crippen LogP contribution < -0.4 is 33.3 Å². The third kappa shape index (κ3) is 10.2. The second kappa shape index (κ2) is 15.2. The van der Waals surface area contributed by atoms with Crippen LogP contribution in [0.3, 0.4) is 0 Å². The van der Waals surface area contributed by atoms with E-state index in [1.807, 2.05) is 13.0 Å². The molecule has 186 valence electrons. The topological polar surface area (TPSA) is 209 Å². The number of carbonyl (C=O) groups is 2. The maximum absolute atomic E-state index is 12.4. The fourth-order valence-electron chi connectivity index (χ4n) is 2.73. The van der Waals surface area contributed by atoms with Crippen LogP contribution in [0.25, 0.3) is 0 Å². The van der Waals surface area contributed by atoms with Crippen molar-refractivity contribution in [1.29, 1.82) is 5.41 Å². The number of nitrogens with one attached hydrogen (secondary N) is 4. The molecule has 0 bridgehead atoms. The molecule has 0 spiro atoms. The Morgan fingerprint density at radius 2 is 1.37 bits per heavy atom. The summed E-state index contributed by atoms with van der Waals surface area (Å²) in [4.78, 5) is 24.7. The van der Waals surface area contributed by atoms with E-state index in [1.54, 1.807) is 56.4 Å². The molecule has 2 aromatic carbocycles. The van der Waals surface area contributed by atoms with Crippen molar-refractivity contribution in [3.05, 3.63) is 70.8 Å². The molecule has 0 aliphatic heterocycles. The quantitative estimate of drug-likeness (QED) is 0.116. The van der Waals surface area contributed by atoms with E-state index in [0.29, 0.717) is 23.4 Å². The molecule has 0 radical (unpaired) electrons. The number of amides is 2. The van der Waals surface area contributed by atoms with Gasteiger partial charge in [-0.15, -0.1) is 5.10 Å². The lowest BCUT2D eigenvalue weighted by Gasteiger charge is -2.09. The van der Waals surface area contributed by atoms with Crippen molar-refractivity contribution in [2.75, 3.05) is 20.1 Å². The molecular formula is C23H32N10O2. The second-order valence-electron chi connectivity index (χ2n) is 6.97. The second-order valence-corrected chi connectivity index (χ2v) is 6.97. The molecule has 2 rings (SSSR count). The third-order valence-corrected chi connectivity index (χ3v) is 4.40. The van der Waals surface area contributed by atoms with Gasteiger partial charge in [-0.1, -0.05) is 24.3 Å². The van der Waals surface area contributed by atoms with Crippen molar-refractivity contribution < 1.29 is 9.59 Å². The van der Waals surface area contributed by atoms with Crippen molar-refractivity contribution in [1.82, 2.24) is 16.1 Å². The van der Waals surface area contributed by atoms with Crippen LogP contribution in [-0.4, -0.2) is 55.7 Å². The summed E-state index contributed by atoms with van der Waals surface area (Å²) in [6.07, 6.45) is 0.750. The summed E-state index contributed by atoms with van der Waals surface area (Å²) in [6, 6.07) is 14.0. The molecule has 0 aliphatic carbocycles. The summed E-state index contributed by atoms with van der Waals surface area (Å²) >= 11 is 0. The minimum absolute atomic E-state index is 0.127. The lowest BCUT2D eigenvalue weighted by atomic mass is 10.1. The number of nitrogens with zero attached hydrogens (tertiary/aromatic N) is 3. The van der Waals surface area contributed by atoms with E-state index >= 15 is 0 Å². The highest BCUT2D eigenvalue weighted by Gasteiger charge is 2.09. The first-order valence-electron chi connectivity index (χ1n) is 10.6. The SMILES string of the molecule is CN/N=C(\C)c1cccc(C(=O)NCCNC(=O)c2ccc(/C(C)=N/N=C(N)N)cc2)c1.N=CN. The van der Waals surface area contributed by atoms with Gasteiger partial charge in [-0.3, -0.25) is 15.0 Å². The number of benzene rings is 2. The fourth-order valence-corrected chi connectivity index (χ4v) is 2.73. The van der Waals surface area contributed by atoms with Gasteiger partial charge in [0.05, 0.1) is 17.8 Å². The van der Waals surface area contributed by atoms with Gasteiger partial charge in [0.15, 0.2) is 0 Å². The molecule has 0 atom stereocenters. The summed E-state index contributed by atoms with van der Waals surface area (Å²) in [6.45, 7) is 4.19. The highest BCUT2D eigenvalue weighted by Crippen LogP contribution is 2.07. The first-order valence-corrected chi connectivity index (χ1v) is 10.6. The number of guanidine groups is 1. The highest BCUT2D eigenvalue weighted by molar-refractivity contribution is 6.02. The summed E-state index contributed by atoms with van der Waals surface area (Å²) in [5.74, 6) is -0.596. The van der Waals surface area contributed by atoms with E-state index in [0.717, 1.165) is 23.2 Å². The Bertz CT molecular complexity index is 1090. The number of hydrogen-bond donors (Lipinski definition) is 7. The van der Waals surface area contributed by atoms with Crippen molar-refractivity contribution in [3.63, 3.8) is 0 Å². The number of hydrogen-bond acceptors (Lipinski definition) is 7. The zero-order valence-corrected chi connectivity index (χ0v) is 20.0. The van der Waals surface area contributed by atoms with Gasteiger partial charge >= 0.3 is 0 Å². The van der Waals surface area contributed by atoms with Crippen molar-refractivity contribution in [3.8, 4) is 0 Å². The van der Waals surface area contributed by atoms with Crippen LogP contribution in [0.1, 0.15) is 45.7 Å². The largest absolute Gasteiger partial charge is 0.390 e. The van der Waals surface area contributed by atoms with E-state index in [2.05, 4.69) is 37.1 Å². The van der Waals surface area contributed by atoms with E-state index < -0.39 is 0 Å². The molecule has 0 heterocycles. The molecule has 0 saturated carbocycles. The van der Waals surface area contributed by atoms with Crippen molar-refractivity contribution in [2.24, 2.45) is 32.5 Å². The minimum Gasteiger partial charge on any atom is -0.390 e. The predicted octanol–water partition coefficient (Wildman–Crippen LogP) is 0.339. The molecule has 2 aromatic rings. The zero-order chi connectivity index (χ0) is 26.2. The summed E-state index contributed by atoms with van der Waals surface area (Å²) in [5, 5.41) is 23.0. The molecule has 12 nitrogen and oxygen atoms in total. The van der Waals surface area contributed by atoms with Crippen LogP contribution in [0, 0.1) is 5.41 Å². The molecular weight excluding hydrogens is 448 g/mol. The molecule has 35 heavy (non-hydrogen) atoms. The van der Waals surface area contributed by atoms with E-state index in [9.17, 15) is 9.59 Å². The van der Waals surface area contributed by atoms with Gasteiger partial charge < -0.3 is 33.3 Å². The number of hydrazone groups is 1. The Balaban J connectivity index is 0.00000194. The van der Waals surface area contributed by atoms with Gasteiger partial charge in [-0.25, -0.2) is 0 Å². The average molecular weight is 481 g/mol. The number of nitrogens with two attached hydrogens (primary N) is 3. The summed E-state index contributed by atoms with van der Waals surface area (Å²) in [5.41, 5.74) is 21.7. The van der Waals surface area contributed by atoms with Crippen LogP contribution in [0.2, 0.25) is 0 Å². The first-order chi connectivity index (χ1) is 16.7. The normalized spacial score (nSPS) is 10.8. The molecule has 10 N–H and O–H groups in total. The molecule has 0 unspecified atom stereocenters. The Morgan fingerprint density at radius 3 is 1.91 bits per heavy atom. The fraction of sp³-hybridized carbons (Fsp3) is 0.217. The molecule has 0 fully saturated rings. The standard InChI is InChI=1S/C22H28N8O2.CH4N2/c1-14(29-30-22(23)24)16-7-9-17(10-8-16)20(31)26-11-12-27-21(32)19-6-4-5-18(13-19)15(2)28-25-3;2-1-3/h4-10,13,25H,11-12H2,1-3H3,(H,26,31)(H,27,32)(H4,23,24,30);1H,(H3,2,3)/b28-15+,29-14+;. The van der Waals surface area contributed by atoms with Gasteiger partial charge in [0, 0.05) is 31.3 Å². The van der Waals surface area contributed by atoms with E-state index in [4.69, 9.17) is 16.9 Å². The van der Waals surface area contributed by atoms with Crippen LogP contribution in [-0.2, 0) is 0 Å². The molecule has 0 aromatic heterocycles. The third-order valence-electron chi connectivity index (χ3n) is 4.40. The summed E-state index contributed by atoms with van der Waals surface area (Å²) < 4.78 is 0. The molecule has 0 saturated heterocycles. The monoisotopic (exact) mass is 480 g/mol. The molecule has 12 heteroatoms. The first kappa shape index (κ1) is 28.3. The highest BCUT2D eigenvalue weighted by atomic mass is 16.2. The smallest absolute Gasteiger partial charge is 0.251 e. The lowest BCUT2D eigenvalue weighted by Crippen LogP contribution is -2.34. The van der Waals surface area contributed by atoms with Crippen LogP contribution in [0.5, 0.6) is 0 Å². The molecule has 0 aliphatic rings. The van der Waals surface area contributed by atoms with E-state index in [-0.39, 0.29) is 24.3 Å².